The molecule has 9 atom stereocenters. The van der Waals surface area contributed by atoms with Crippen LogP contribution in [0.25, 0.3) is 0 Å². The standard InChI is InChI=1S/C27H34O8/c1-13-6-7-19(29)26(4)16(13)9-20-27(5)18(10-22(31)35-20)25(3,11-17(23(26)27)34-14(2)28)24(32)15-8-21(30)33-12-15/h6,15-18,20,23H,7-12H2,1-5H3. The largest absolute Gasteiger partial charge is 0.465 e. The molecule has 5 aliphatic rings. The molecule has 0 radical (unpaired) electrons. The molecule has 4 fully saturated rings. The van der Waals surface area contributed by atoms with Gasteiger partial charge in [-0.1, -0.05) is 32.4 Å². The van der Waals surface area contributed by atoms with Crippen molar-refractivity contribution in [3.05, 3.63) is 11.6 Å². The lowest BCUT2D eigenvalue weighted by Crippen LogP contribution is -2.73. The van der Waals surface area contributed by atoms with Crippen LogP contribution in [0.3, 0.4) is 0 Å². The molecule has 0 spiro atoms. The van der Waals surface area contributed by atoms with Gasteiger partial charge in [0, 0.05) is 41.9 Å². The molecule has 8 heteroatoms. The molecule has 35 heavy (non-hydrogen) atoms. The molecule has 0 bridgehead atoms. The van der Waals surface area contributed by atoms with E-state index in [9.17, 15) is 24.0 Å². The van der Waals surface area contributed by atoms with E-state index in [4.69, 9.17) is 14.2 Å². The highest BCUT2D eigenvalue weighted by Crippen LogP contribution is 2.70. The van der Waals surface area contributed by atoms with Crippen LogP contribution in [0.4, 0.5) is 0 Å². The number of allylic oxidation sites excluding steroid dienone is 2. The Balaban J connectivity index is 1.68. The number of hydrogen-bond acceptors (Lipinski definition) is 8. The van der Waals surface area contributed by atoms with Gasteiger partial charge in [0.05, 0.1) is 12.3 Å². The number of Topliss-reactive ketones (excluding diaryl/α,β-unsaturated/α-hetero) is 2. The summed E-state index contributed by atoms with van der Waals surface area (Å²) >= 11 is 0. The van der Waals surface area contributed by atoms with Gasteiger partial charge >= 0.3 is 17.9 Å². The molecular formula is C27H34O8. The van der Waals surface area contributed by atoms with Gasteiger partial charge in [-0.25, -0.2) is 0 Å². The lowest BCUT2D eigenvalue weighted by atomic mass is 9.36. The highest BCUT2D eigenvalue weighted by atomic mass is 16.6. The van der Waals surface area contributed by atoms with Gasteiger partial charge in [0.25, 0.3) is 0 Å². The molecule has 2 aliphatic heterocycles. The minimum Gasteiger partial charge on any atom is -0.465 e. The van der Waals surface area contributed by atoms with Crippen molar-refractivity contribution in [2.45, 2.75) is 78.9 Å². The number of hydrogen-bond donors (Lipinski definition) is 0. The topological polar surface area (TPSA) is 113 Å². The predicted octanol–water partition coefficient (Wildman–Crippen LogP) is 2.96. The van der Waals surface area contributed by atoms with Gasteiger partial charge in [0.1, 0.15) is 30.4 Å². The van der Waals surface area contributed by atoms with E-state index in [2.05, 4.69) is 0 Å². The van der Waals surface area contributed by atoms with Crippen LogP contribution < -0.4 is 0 Å². The lowest BCUT2D eigenvalue weighted by Gasteiger charge is -2.69. The first kappa shape index (κ1) is 24.2. The van der Waals surface area contributed by atoms with Crippen molar-refractivity contribution >= 4 is 29.5 Å². The third kappa shape index (κ3) is 3.20. The Morgan fingerprint density at radius 3 is 2.43 bits per heavy atom. The predicted molar refractivity (Wildman–Crippen MR) is 122 cm³/mol. The number of rotatable bonds is 3. The van der Waals surface area contributed by atoms with Crippen LogP contribution in [0.5, 0.6) is 0 Å². The molecule has 190 valence electrons. The van der Waals surface area contributed by atoms with Gasteiger partial charge in [-0.05, 0) is 31.6 Å². The van der Waals surface area contributed by atoms with E-state index >= 15 is 0 Å². The number of esters is 3. The average Bonchev–Trinajstić information content (AvgIpc) is 3.20. The molecule has 0 N–H and O–H groups in total. The Hall–Kier alpha value is -2.51. The van der Waals surface area contributed by atoms with Crippen LogP contribution in [-0.4, -0.2) is 48.3 Å². The normalized spacial score (nSPS) is 46.5. The Labute approximate surface area is 205 Å². The fourth-order valence-electron chi connectivity index (χ4n) is 8.75. The molecule has 0 aromatic heterocycles. The van der Waals surface area contributed by atoms with Gasteiger partial charge in [-0.3, -0.25) is 24.0 Å². The Bertz CT molecular complexity index is 1060. The molecule has 2 heterocycles. The number of ether oxygens (including phenoxy) is 3. The molecular weight excluding hydrogens is 452 g/mol. The molecule has 3 aliphatic carbocycles. The zero-order chi connectivity index (χ0) is 25.5. The first-order valence-corrected chi connectivity index (χ1v) is 12.6. The minimum atomic E-state index is -1.05. The zero-order valence-electron chi connectivity index (χ0n) is 21.1. The maximum Gasteiger partial charge on any atom is 0.306 e. The van der Waals surface area contributed by atoms with Gasteiger partial charge in [-0.2, -0.15) is 0 Å². The van der Waals surface area contributed by atoms with Crippen molar-refractivity contribution in [1.82, 2.24) is 0 Å². The van der Waals surface area contributed by atoms with Gasteiger partial charge in [-0.15, -0.1) is 0 Å². The second-order valence-electron chi connectivity index (χ2n) is 11.9. The third-order valence-corrected chi connectivity index (χ3v) is 10.2. The monoisotopic (exact) mass is 486 g/mol. The number of ketones is 2. The number of cyclic esters (lactones) is 1. The summed E-state index contributed by atoms with van der Waals surface area (Å²) in [6, 6.07) is 0. The second kappa shape index (κ2) is 7.74. The van der Waals surface area contributed by atoms with E-state index < -0.39 is 58.1 Å². The summed E-state index contributed by atoms with van der Waals surface area (Å²) in [5, 5.41) is 0. The van der Waals surface area contributed by atoms with Crippen molar-refractivity contribution in [2.24, 2.45) is 39.9 Å². The average molecular weight is 487 g/mol. The van der Waals surface area contributed by atoms with Gasteiger partial charge in [0.15, 0.2) is 0 Å². The molecule has 5 rings (SSSR count). The van der Waals surface area contributed by atoms with Crippen molar-refractivity contribution in [3.63, 3.8) is 0 Å². The Morgan fingerprint density at radius 2 is 1.80 bits per heavy atom. The molecule has 0 aromatic carbocycles. The quantitative estimate of drug-likeness (QED) is 0.340. The van der Waals surface area contributed by atoms with E-state index in [0.29, 0.717) is 12.8 Å². The highest BCUT2D eigenvalue weighted by molar-refractivity contribution is 5.93. The molecule has 2 saturated heterocycles. The summed E-state index contributed by atoms with van der Waals surface area (Å²) in [6.45, 7) is 9.19. The van der Waals surface area contributed by atoms with E-state index in [1.807, 2.05) is 33.8 Å². The molecule has 8 nitrogen and oxygen atoms in total. The summed E-state index contributed by atoms with van der Waals surface area (Å²) in [6.07, 6.45) is 1.78. The maximum atomic E-state index is 14.0. The highest BCUT2D eigenvalue weighted by Gasteiger charge is 2.74. The number of fused-ring (bicyclic) bond motifs is 2. The van der Waals surface area contributed by atoms with E-state index in [1.165, 1.54) is 6.92 Å². The molecule has 9 unspecified atom stereocenters. The molecule has 2 saturated carbocycles. The van der Waals surface area contributed by atoms with Gasteiger partial charge in [0.2, 0.25) is 0 Å². The van der Waals surface area contributed by atoms with Crippen LogP contribution in [0.15, 0.2) is 11.6 Å². The first-order chi connectivity index (χ1) is 16.3. The summed E-state index contributed by atoms with van der Waals surface area (Å²) in [5.74, 6) is -2.87. The zero-order valence-corrected chi connectivity index (χ0v) is 21.1. The number of carbonyl (C=O) groups is 5. The summed E-state index contributed by atoms with van der Waals surface area (Å²) in [5.41, 5.74) is -1.55. The summed E-state index contributed by atoms with van der Waals surface area (Å²) in [4.78, 5) is 64.7. The van der Waals surface area contributed by atoms with Crippen LogP contribution in [0, 0.1) is 39.9 Å². The fraction of sp³-hybridized carbons (Fsp3) is 0.741. The van der Waals surface area contributed by atoms with Crippen molar-refractivity contribution < 1.29 is 38.2 Å². The van der Waals surface area contributed by atoms with E-state index in [-0.39, 0.29) is 49.3 Å². The first-order valence-electron chi connectivity index (χ1n) is 12.6. The minimum absolute atomic E-state index is 0.00958. The summed E-state index contributed by atoms with van der Waals surface area (Å²) < 4.78 is 17.0. The van der Waals surface area contributed by atoms with Crippen molar-refractivity contribution in [3.8, 4) is 0 Å². The van der Waals surface area contributed by atoms with Crippen molar-refractivity contribution in [2.75, 3.05) is 6.61 Å². The van der Waals surface area contributed by atoms with E-state index in [0.717, 1.165) is 5.57 Å². The fourth-order valence-corrected chi connectivity index (χ4v) is 8.75. The summed E-state index contributed by atoms with van der Waals surface area (Å²) in [7, 11) is 0. The smallest absolute Gasteiger partial charge is 0.306 e. The lowest BCUT2D eigenvalue weighted by molar-refractivity contribution is -0.266. The Morgan fingerprint density at radius 1 is 1.09 bits per heavy atom. The van der Waals surface area contributed by atoms with Crippen LogP contribution in [0.2, 0.25) is 0 Å². The third-order valence-electron chi connectivity index (χ3n) is 10.2. The van der Waals surface area contributed by atoms with Gasteiger partial charge < -0.3 is 14.2 Å². The molecule has 0 aromatic rings. The molecule has 0 amide bonds. The van der Waals surface area contributed by atoms with Crippen LogP contribution in [0.1, 0.15) is 66.7 Å². The SMILES string of the molecule is CC(=O)OC1CC(C)(C(=O)C2COC(=O)C2)C2CC(=O)OC3CC4C(C)=CCC(=O)C4(C)C1C32C. The second-order valence-corrected chi connectivity index (χ2v) is 11.9. The Kier molecular flexibility index (Phi) is 5.35. The van der Waals surface area contributed by atoms with Crippen molar-refractivity contribution in [1.29, 1.82) is 0 Å². The van der Waals surface area contributed by atoms with E-state index in [1.54, 1.807) is 0 Å². The van der Waals surface area contributed by atoms with Crippen LogP contribution >= 0.6 is 0 Å². The van der Waals surface area contributed by atoms with Crippen LogP contribution in [-0.2, 0) is 38.2 Å². The maximum absolute atomic E-state index is 14.0. The number of carbonyl (C=O) groups excluding carboxylic acids is 5.